The van der Waals surface area contributed by atoms with E-state index >= 15 is 0 Å². The molecule has 2 N–H and O–H groups in total. The van der Waals surface area contributed by atoms with Gasteiger partial charge in [0.25, 0.3) is 11.2 Å². The number of nitrogens with one attached hydrogen (secondary N) is 2. The molecular formula is C18H17N5O3. The van der Waals surface area contributed by atoms with Crippen molar-refractivity contribution in [3.63, 3.8) is 0 Å². The van der Waals surface area contributed by atoms with E-state index in [-0.39, 0.29) is 11.2 Å². The first-order valence-electron chi connectivity index (χ1n) is 8.52. The second kappa shape index (κ2) is 6.55. The number of hydrogen-bond donors (Lipinski definition) is 2. The van der Waals surface area contributed by atoms with Crippen molar-refractivity contribution in [1.29, 1.82) is 0 Å². The van der Waals surface area contributed by atoms with Gasteiger partial charge in [-0.1, -0.05) is 12.8 Å². The van der Waals surface area contributed by atoms with E-state index in [1.165, 1.54) is 25.0 Å². The molecule has 8 heteroatoms. The Hall–Kier alpha value is -3.29. The van der Waals surface area contributed by atoms with Gasteiger partial charge in [0.05, 0.1) is 10.3 Å². The molecule has 1 aromatic carbocycles. The van der Waals surface area contributed by atoms with Crippen molar-refractivity contribution in [1.82, 2.24) is 15.0 Å². The van der Waals surface area contributed by atoms with Crippen molar-refractivity contribution in [2.24, 2.45) is 0 Å². The number of nitro groups is 1. The lowest BCUT2D eigenvalue weighted by atomic mass is 10.0. The van der Waals surface area contributed by atoms with Crippen LogP contribution in [-0.4, -0.2) is 25.9 Å². The molecule has 26 heavy (non-hydrogen) atoms. The summed E-state index contributed by atoms with van der Waals surface area (Å²) in [5, 5.41) is 14.5. The molecule has 0 aliphatic heterocycles. The van der Waals surface area contributed by atoms with E-state index in [9.17, 15) is 14.9 Å². The zero-order valence-corrected chi connectivity index (χ0v) is 13.9. The number of nitro benzene ring substituents is 1. The predicted octanol–water partition coefficient (Wildman–Crippen LogP) is 3.25. The lowest BCUT2D eigenvalue weighted by Crippen LogP contribution is -2.20. The molecule has 1 saturated carbocycles. The van der Waals surface area contributed by atoms with Crippen LogP contribution in [0.5, 0.6) is 0 Å². The number of anilines is 1. The van der Waals surface area contributed by atoms with Crippen LogP contribution in [-0.2, 0) is 0 Å². The monoisotopic (exact) mass is 351 g/mol. The van der Waals surface area contributed by atoms with Crippen molar-refractivity contribution in [3.05, 3.63) is 57.0 Å². The Balaban J connectivity index is 1.76. The number of aromatic nitrogens is 3. The number of non-ortho nitro benzene ring substituents is 1. The highest BCUT2D eigenvalue weighted by Gasteiger charge is 2.17. The van der Waals surface area contributed by atoms with Crippen molar-refractivity contribution < 1.29 is 4.92 Å². The highest BCUT2D eigenvalue weighted by molar-refractivity contribution is 5.92. The number of rotatable bonds is 4. The molecule has 0 atom stereocenters. The maximum absolute atomic E-state index is 12.7. The van der Waals surface area contributed by atoms with Crippen LogP contribution in [0.1, 0.15) is 25.7 Å². The van der Waals surface area contributed by atoms with Crippen LogP contribution in [0.15, 0.2) is 41.3 Å². The predicted molar refractivity (Wildman–Crippen MR) is 98.1 cm³/mol. The van der Waals surface area contributed by atoms with Gasteiger partial charge in [0.2, 0.25) is 5.95 Å². The van der Waals surface area contributed by atoms with Crippen molar-refractivity contribution in [3.8, 4) is 11.1 Å². The summed E-state index contributed by atoms with van der Waals surface area (Å²) < 4.78 is 0. The van der Waals surface area contributed by atoms with Gasteiger partial charge in [-0.15, -0.1) is 0 Å². The largest absolute Gasteiger partial charge is 0.353 e. The van der Waals surface area contributed by atoms with Gasteiger partial charge in [-0.2, -0.15) is 4.98 Å². The number of benzene rings is 1. The van der Waals surface area contributed by atoms with Crippen molar-refractivity contribution in [2.75, 3.05) is 5.32 Å². The van der Waals surface area contributed by atoms with Crippen LogP contribution in [0, 0.1) is 10.1 Å². The van der Waals surface area contributed by atoms with Gasteiger partial charge >= 0.3 is 0 Å². The van der Waals surface area contributed by atoms with Crippen LogP contribution < -0.4 is 10.9 Å². The molecule has 0 unspecified atom stereocenters. The van der Waals surface area contributed by atoms with Crippen LogP contribution in [0.25, 0.3) is 22.2 Å². The lowest BCUT2D eigenvalue weighted by molar-refractivity contribution is -0.384. The second-order valence-corrected chi connectivity index (χ2v) is 6.40. The van der Waals surface area contributed by atoms with Crippen molar-refractivity contribution in [2.45, 2.75) is 31.7 Å². The molecule has 8 nitrogen and oxygen atoms in total. The van der Waals surface area contributed by atoms with E-state index < -0.39 is 4.92 Å². The number of H-pyrrole nitrogens is 1. The maximum atomic E-state index is 12.7. The quantitative estimate of drug-likeness (QED) is 0.551. The summed E-state index contributed by atoms with van der Waals surface area (Å²) in [7, 11) is 0. The summed E-state index contributed by atoms with van der Waals surface area (Å²) in [6.45, 7) is 0. The molecule has 1 aliphatic rings. The molecule has 0 amide bonds. The fourth-order valence-electron chi connectivity index (χ4n) is 3.40. The van der Waals surface area contributed by atoms with Gasteiger partial charge in [-0.05, 0) is 42.2 Å². The van der Waals surface area contributed by atoms with E-state index in [1.807, 2.05) is 0 Å². The fourth-order valence-corrected chi connectivity index (χ4v) is 3.40. The summed E-state index contributed by atoms with van der Waals surface area (Å²) >= 11 is 0. The van der Waals surface area contributed by atoms with Gasteiger partial charge < -0.3 is 5.32 Å². The van der Waals surface area contributed by atoms with Crippen LogP contribution in [0.3, 0.4) is 0 Å². The summed E-state index contributed by atoms with van der Waals surface area (Å²) in [5.41, 5.74) is 1.42. The van der Waals surface area contributed by atoms with E-state index in [1.54, 1.807) is 24.4 Å². The van der Waals surface area contributed by atoms with Crippen molar-refractivity contribution >= 4 is 22.7 Å². The first-order chi connectivity index (χ1) is 12.6. The third kappa shape index (κ3) is 3.01. The van der Waals surface area contributed by atoms with Gasteiger partial charge in [0.15, 0.2) is 5.65 Å². The summed E-state index contributed by atoms with van der Waals surface area (Å²) in [4.78, 5) is 34.5. The summed E-state index contributed by atoms with van der Waals surface area (Å²) in [6.07, 6.45) is 6.08. The van der Waals surface area contributed by atoms with Gasteiger partial charge in [-0.25, -0.2) is 4.98 Å². The molecule has 2 aromatic heterocycles. The van der Waals surface area contributed by atoms with Crippen LogP contribution in [0.2, 0.25) is 0 Å². The highest BCUT2D eigenvalue weighted by atomic mass is 16.6. The smallest absolute Gasteiger partial charge is 0.269 e. The molecule has 4 rings (SSSR count). The average molecular weight is 351 g/mol. The third-order valence-electron chi connectivity index (χ3n) is 4.69. The maximum Gasteiger partial charge on any atom is 0.269 e. The minimum Gasteiger partial charge on any atom is -0.353 e. The average Bonchev–Trinajstić information content (AvgIpc) is 3.14. The fraction of sp³-hybridized carbons (Fsp3) is 0.278. The highest BCUT2D eigenvalue weighted by Crippen LogP contribution is 2.27. The van der Waals surface area contributed by atoms with Gasteiger partial charge in [-0.3, -0.25) is 19.9 Å². The topological polar surface area (TPSA) is 114 Å². The Labute approximate surface area is 148 Å². The Morgan fingerprint density at radius 3 is 2.58 bits per heavy atom. The molecule has 0 bridgehead atoms. The normalized spacial score (nSPS) is 14.6. The zero-order chi connectivity index (χ0) is 18.1. The van der Waals surface area contributed by atoms with Gasteiger partial charge in [0, 0.05) is 24.4 Å². The summed E-state index contributed by atoms with van der Waals surface area (Å²) in [5.74, 6) is 0.433. The minimum absolute atomic E-state index is 0.00203. The SMILES string of the molecule is O=c1[nH]c(NC2CCCC2)nc2nccc(-c3ccc([N+](=O)[O-])cc3)c12. The van der Waals surface area contributed by atoms with E-state index in [0.717, 1.165) is 12.8 Å². The Kier molecular flexibility index (Phi) is 4.08. The molecule has 1 aliphatic carbocycles. The molecule has 0 saturated heterocycles. The number of fused-ring (bicyclic) bond motifs is 1. The van der Waals surface area contributed by atoms with Gasteiger partial charge in [0.1, 0.15) is 0 Å². The number of hydrogen-bond acceptors (Lipinski definition) is 6. The minimum atomic E-state index is -0.455. The first-order valence-corrected chi connectivity index (χ1v) is 8.52. The Bertz CT molecular complexity index is 1020. The third-order valence-corrected chi connectivity index (χ3v) is 4.69. The van der Waals surface area contributed by atoms with E-state index in [0.29, 0.717) is 34.2 Å². The molecule has 0 spiro atoms. The van der Waals surface area contributed by atoms with Crippen LogP contribution >= 0.6 is 0 Å². The molecule has 0 radical (unpaired) electrons. The second-order valence-electron chi connectivity index (χ2n) is 6.40. The van der Waals surface area contributed by atoms with Crippen LogP contribution in [0.4, 0.5) is 11.6 Å². The zero-order valence-electron chi connectivity index (χ0n) is 13.9. The van der Waals surface area contributed by atoms with E-state index in [4.69, 9.17) is 0 Å². The first kappa shape index (κ1) is 16.2. The van der Waals surface area contributed by atoms with E-state index in [2.05, 4.69) is 20.3 Å². The number of nitrogens with zero attached hydrogens (tertiary/aromatic N) is 3. The number of pyridine rings is 1. The number of aromatic amines is 1. The Morgan fingerprint density at radius 1 is 1.15 bits per heavy atom. The molecule has 132 valence electrons. The molecule has 1 fully saturated rings. The molecular weight excluding hydrogens is 334 g/mol. The molecule has 3 aromatic rings. The standard InChI is InChI=1S/C18H17N5O3/c24-17-15-14(11-5-7-13(8-6-11)23(25)26)9-10-19-16(15)21-18(22-17)20-12-3-1-2-4-12/h5-10,12H,1-4H2,(H2,19,20,21,22,24). The summed E-state index contributed by atoms with van der Waals surface area (Å²) in [6, 6.07) is 8.12. The molecule has 2 heterocycles. The Morgan fingerprint density at radius 2 is 1.88 bits per heavy atom. The lowest BCUT2D eigenvalue weighted by Gasteiger charge is -2.13.